The molecule has 5 nitrogen and oxygen atoms in total. The van der Waals surface area contributed by atoms with Crippen LogP contribution in [0.4, 0.5) is 5.69 Å². The molecule has 1 N–H and O–H groups in total. The van der Waals surface area contributed by atoms with E-state index in [0.717, 1.165) is 22.0 Å². The summed E-state index contributed by atoms with van der Waals surface area (Å²) in [6, 6.07) is 14.8. The van der Waals surface area contributed by atoms with Crippen LogP contribution in [0.25, 0.3) is 21.3 Å². The zero-order valence-electron chi connectivity index (χ0n) is 16.6. The second-order valence-corrected chi connectivity index (χ2v) is 8.78. The number of amides is 1. The molecule has 1 amide bonds. The number of thiophene rings is 1. The lowest BCUT2D eigenvalue weighted by Crippen LogP contribution is -2.31. The third-order valence-electron chi connectivity index (χ3n) is 5.10. The summed E-state index contributed by atoms with van der Waals surface area (Å²) in [6.07, 6.45) is 2.39. The Hall–Kier alpha value is -2.77. The first-order chi connectivity index (χ1) is 14.5. The molecule has 0 radical (unpaired) electrons. The summed E-state index contributed by atoms with van der Waals surface area (Å²) >= 11 is 4.86. The van der Waals surface area contributed by atoms with Crippen molar-refractivity contribution in [2.75, 3.05) is 5.32 Å². The van der Waals surface area contributed by atoms with Crippen molar-refractivity contribution in [2.45, 2.75) is 26.3 Å². The van der Waals surface area contributed by atoms with Gasteiger partial charge >= 0.3 is 0 Å². The van der Waals surface area contributed by atoms with E-state index in [-0.39, 0.29) is 11.5 Å². The third-order valence-corrected chi connectivity index (χ3v) is 6.52. The van der Waals surface area contributed by atoms with Gasteiger partial charge in [-0.15, -0.1) is 11.3 Å². The van der Waals surface area contributed by atoms with Crippen LogP contribution in [-0.2, 0) is 11.2 Å². The highest BCUT2D eigenvalue weighted by Gasteiger charge is 2.20. The molecule has 0 spiro atoms. The summed E-state index contributed by atoms with van der Waals surface area (Å²) in [5, 5.41) is 5.36. The molecule has 0 aliphatic heterocycles. The molecule has 30 heavy (non-hydrogen) atoms. The van der Waals surface area contributed by atoms with Crippen molar-refractivity contribution < 1.29 is 4.79 Å². The first-order valence-electron chi connectivity index (χ1n) is 9.62. The van der Waals surface area contributed by atoms with Gasteiger partial charge in [0.1, 0.15) is 10.9 Å². The summed E-state index contributed by atoms with van der Waals surface area (Å²) in [6.45, 7) is 3.79. The molecule has 1 atom stereocenters. The van der Waals surface area contributed by atoms with Crippen molar-refractivity contribution in [3.05, 3.63) is 80.6 Å². The topological polar surface area (TPSA) is 64.0 Å². The maximum absolute atomic E-state index is 13.3. The number of nitrogens with one attached hydrogen (secondary N) is 1. The van der Waals surface area contributed by atoms with Gasteiger partial charge in [0.15, 0.2) is 0 Å². The van der Waals surface area contributed by atoms with Gasteiger partial charge in [-0.05, 0) is 48.7 Å². The SMILES string of the molecule is CCc1ccc(NC(=O)C(C)n2cnc3scc(-c4ccc(Br)cc4)c3c2=O)cc1. The molecule has 4 aromatic rings. The zero-order valence-corrected chi connectivity index (χ0v) is 19.0. The number of carbonyl (C=O) groups is 1. The van der Waals surface area contributed by atoms with Crippen LogP contribution >= 0.6 is 27.3 Å². The van der Waals surface area contributed by atoms with Gasteiger partial charge in [0.25, 0.3) is 5.56 Å². The maximum atomic E-state index is 13.3. The Labute approximate surface area is 186 Å². The molecule has 7 heteroatoms. The van der Waals surface area contributed by atoms with Gasteiger partial charge < -0.3 is 5.32 Å². The van der Waals surface area contributed by atoms with E-state index in [9.17, 15) is 9.59 Å². The molecule has 1 unspecified atom stereocenters. The number of aromatic nitrogens is 2. The molecule has 2 aromatic carbocycles. The number of rotatable bonds is 5. The van der Waals surface area contributed by atoms with Crippen molar-refractivity contribution in [1.82, 2.24) is 9.55 Å². The van der Waals surface area contributed by atoms with E-state index in [1.54, 1.807) is 6.92 Å². The molecule has 0 fully saturated rings. The quantitative estimate of drug-likeness (QED) is 0.400. The van der Waals surface area contributed by atoms with Crippen LogP contribution in [0.15, 0.2) is 69.5 Å². The first kappa shape index (κ1) is 20.5. The Bertz CT molecular complexity index is 1260. The fraction of sp³-hybridized carbons (Fsp3) is 0.174. The third kappa shape index (κ3) is 3.95. The molecular formula is C23H20BrN3O2S. The standard InChI is InChI=1S/C23H20BrN3O2S/c1-3-15-4-10-18(11-5-15)26-21(28)14(2)27-13-25-22-20(23(27)29)19(12-30-22)16-6-8-17(24)9-7-16/h4-14H,3H2,1-2H3,(H,26,28). The molecule has 152 valence electrons. The van der Waals surface area contributed by atoms with Crippen LogP contribution in [0.5, 0.6) is 0 Å². The molecule has 0 saturated carbocycles. The van der Waals surface area contributed by atoms with E-state index in [4.69, 9.17) is 0 Å². The average molecular weight is 482 g/mol. The molecule has 2 aromatic heterocycles. The van der Waals surface area contributed by atoms with Crippen LogP contribution in [0, 0.1) is 0 Å². The Morgan fingerprint density at radius 1 is 1.17 bits per heavy atom. The van der Waals surface area contributed by atoms with E-state index in [2.05, 4.69) is 33.2 Å². The predicted molar refractivity (Wildman–Crippen MR) is 126 cm³/mol. The summed E-state index contributed by atoms with van der Waals surface area (Å²) in [5.41, 5.74) is 3.46. The number of aryl methyl sites for hydroxylation is 1. The van der Waals surface area contributed by atoms with Crippen LogP contribution in [0.1, 0.15) is 25.5 Å². The lowest BCUT2D eigenvalue weighted by Gasteiger charge is -2.15. The Morgan fingerprint density at radius 2 is 1.87 bits per heavy atom. The highest BCUT2D eigenvalue weighted by molar-refractivity contribution is 9.10. The fourth-order valence-electron chi connectivity index (χ4n) is 3.26. The van der Waals surface area contributed by atoms with Gasteiger partial charge in [0.05, 0.1) is 11.7 Å². The van der Waals surface area contributed by atoms with E-state index >= 15 is 0 Å². The molecular weight excluding hydrogens is 462 g/mol. The van der Waals surface area contributed by atoms with Gasteiger partial charge in [-0.2, -0.15) is 0 Å². The largest absolute Gasteiger partial charge is 0.324 e. The Kier molecular flexibility index (Phi) is 5.83. The highest BCUT2D eigenvalue weighted by Crippen LogP contribution is 2.31. The number of fused-ring (bicyclic) bond motifs is 1. The second-order valence-electron chi connectivity index (χ2n) is 7.01. The van der Waals surface area contributed by atoms with Crippen molar-refractivity contribution in [2.24, 2.45) is 0 Å². The van der Waals surface area contributed by atoms with Crippen LogP contribution in [0.3, 0.4) is 0 Å². The van der Waals surface area contributed by atoms with Crippen molar-refractivity contribution in [3.63, 3.8) is 0 Å². The van der Waals surface area contributed by atoms with Gasteiger partial charge in [0.2, 0.25) is 5.91 Å². The lowest BCUT2D eigenvalue weighted by atomic mass is 10.1. The molecule has 4 rings (SSSR count). The monoisotopic (exact) mass is 481 g/mol. The number of halogens is 1. The maximum Gasteiger partial charge on any atom is 0.263 e. The van der Waals surface area contributed by atoms with Crippen molar-refractivity contribution >= 4 is 49.1 Å². The average Bonchev–Trinajstić information content (AvgIpc) is 3.19. The smallest absolute Gasteiger partial charge is 0.263 e. The summed E-state index contributed by atoms with van der Waals surface area (Å²) in [5.74, 6) is -0.261. The molecule has 2 heterocycles. The van der Waals surface area contributed by atoms with Gasteiger partial charge in [-0.3, -0.25) is 14.2 Å². The minimum absolute atomic E-state index is 0.219. The van der Waals surface area contributed by atoms with Gasteiger partial charge in [0, 0.05) is 21.1 Å². The molecule has 0 bridgehead atoms. The number of carbonyl (C=O) groups excluding carboxylic acids is 1. The number of hydrogen-bond donors (Lipinski definition) is 1. The minimum atomic E-state index is -0.696. The second kappa shape index (κ2) is 8.53. The summed E-state index contributed by atoms with van der Waals surface area (Å²) in [4.78, 5) is 31.2. The normalized spacial score (nSPS) is 12.1. The number of benzene rings is 2. The summed E-state index contributed by atoms with van der Waals surface area (Å²) < 4.78 is 2.37. The Morgan fingerprint density at radius 3 is 2.53 bits per heavy atom. The Balaban J connectivity index is 1.67. The van der Waals surface area contributed by atoms with E-state index in [1.807, 2.05) is 53.9 Å². The van der Waals surface area contributed by atoms with E-state index in [1.165, 1.54) is 27.8 Å². The van der Waals surface area contributed by atoms with Gasteiger partial charge in [-0.25, -0.2) is 4.98 Å². The first-order valence-corrected chi connectivity index (χ1v) is 11.3. The molecule has 0 aliphatic carbocycles. The van der Waals surface area contributed by atoms with Crippen LogP contribution in [0.2, 0.25) is 0 Å². The lowest BCUT2D eigenvalue weighted by molar-refractivity contribution is -0.118. The zero-order chi connectivity index (χ0) is 21.3. The van der Waals surface area contributed by atoms with E-state index < -0.39 is 6.04 Å². The minimum Gasteiger partial charge on any atom is -0.324 e. The number of anilines is 1. The summed E-state index contributed by atoms with van der Waals surface area (Å²) in [7, 11) is 0. The number of nitrogens with zero attached hydrogens (tertiary/aromatic N) is 2. The van der Waals surface area contributed by atoms with Crippen molar-refractivity contribution in [1.29, 1.82) is 0 Å². The van der Waals surface area contributed by atoms with Crippen molar-refractivity contribution in [3.8, 4) is 11.1 Å². The number of hydrogen-bond acceptors (Lipinski definition) is 4. The predicted octanol–water partition coefficient (Wildman–Crippen LogP) is 5.65. The molecule has 0 saturated heterocycles. The van der Waals surface area contributed by atoms with E-state index in [0.29, 0.717) is 15.9 Å². The molecule has 0 aliphatic rings. The van der Waals surface area contributed by atoms with Crippen LogP contribution < -0.4 is 10.9 Å². The van der Waals surface area contributed by atoms with Crippen LogP contribution in [-0.4, -0.2) is 15.5 Å². The fourth-order valence-corrected chi connectivity index (χ4v) is 4.43. The van der Waals surface area contributed by atoms with Gasteiger partial charge in [-0.1, -0.05) is 47.1 Å². The highest BCUT2D eigenvalue weighted by atomic mass is 79.9.